The molecule has 7 heteroatoms. The minimum atomic E-state index is -0.699. The van der Waals surface area contributed by atoms with E-state index in [1.807, 2.05) is 6.07 Å². The summed E-state index contributed by atoms with van der Waals surface area (Å²) in [5, 5.41) is 16.6. The highest BCUT2D eigenvalue weighted by molar-refractivity contribution is 7.18. The molecule has 6 nitrogen and oxygen atoms in total. The molecule has 2 aromatic rings. The summed E-state index contributed by atoms with van der Waals surface area (Å²) in [5.41, 5.74) is 2.18. The molecule has 0 bridgehead atoms. The van der Waals surface area contributed by atoms with Crippen LogP contribution >= 0.6 is 11.3 Å². The second kappa shape index (κ2) is 11.0. The fraction of sp³-hybridized carbons (Fsp3) is 0.625. The number of nitrogens with zero attached hydrogens (tertiary/aromatic N) is 1. The van der Waals surface area contributed by atoms with Crippen LogP contribution in [0.4, 0.5) is 0 Å². The first kappa shape index (κ1) is 23.7. The van der Waals surface area contributed by atoms with E-state index in [1.165, 1.54) is 12.0 Å². The van der Waals surface area contributed by atoms with Crippen molar-refractivity contribution in [2.24, 2.45) is 5.92 Å². The van der Waals surface area contributed by atoms with Crippen LogP contribution in [0.5, 0.6) is 0 Å². The van der Waals surface area contributed by atoms with Gasteiger partial charge in [-0.1, -0.05) is 46.1 Å². The van der Waals surface area contributed by atoms with Crippen molar-refractivity contribution in [2.75, 3.05) is 6.61 Å². The Morgan fingerprint density at radius 3 is 2.58 bits per heavy atom. The van der Waals surface area contributed by atoms with Crippen LogP contribution in [0.15, 0.2) is 18.2 Å². The normalized spacial score (nSPS) is 16.9. The quantitative estimate of drug-likeness (QED) is 0.546. The summed E-state index contributed by atoms with van der Waals surface area (Å²) >= 11 is 1.57. The molecule has 1 saturated carbocycles. The highest BCUT2D eigenvalue weighted by atomic mass is 32.1. The fourth-order valence-electron chi connectivity index (χ4n) is 4.25. The summed E-state index contributed by atoms with van der Waals surface area (Å²) in [6.45, 7) is 6.01. The van der Waals surface area contributed by atoms with Crippen LogP contribution < -0.4 is 10.6 Å². The molecule has 0 unspecified atom stereocenters. The van der Waals surface area contributed by atoms with Gasteiger partial charge >= 0.3 is 0 Å². The molecule has 0 saturated heterocycles. The number of benzene rings is 1. The Balaban J connectivity index is 1.75. The van der Waals surface area contributed by atoms with E-state index >= 15 is 0 Å². The lowest BCUT2D eigenvalue weighted by molar-refractivity contribution is -0.129. The number of nitrogens with one attached hydrogen (secondary N) is 2. The fourth-order valence-corrected chi connectivity index (χ4v) is 5.31. The van der Waals surface area contributed by atoms with E-state index in [0.717, 1.165) is 40.9 Å². The molecular formula is C24H35N3O3S. The molecule has 2 atom stereocenters. The maximum atomic E-state index is 13.1. The van der Waals surface area contributed by atoms with Crippen LogP contribution in [0.2, 0.25) is 0 Å². The number of aliphatic hydroxyl groups is 1. The Morgan fingerprint density at radius 2 is 1.94 bits per heavy atom. The molecule has 31 heavy (non-hydrogen) atoms. The Bertz CT molecular complexity index is 889. The number of fused-ring (bicyclic) bond motifs is 1. The maximum absolute atomic E-state index is 13.1. The van der Waals surface area contributed by atoms with Gasteiger partial charge in [-0.2, -0.15) is 0 Å². The van der Waals surface area contributed by atoms with Crippen LogP contribution in [-0.4, -0.2) is 40.6 Å². The Kier molecular flexibility index (Phi) is 8.43. The van der Waals surface area contributed by atoms with E-state index in [-0.39, 0.29) is 24.5 Å². The molecule has 1 aromatic carbocycles. The minimum Gasteiger partial charge on any atom is -0.394 e. The van der Waals surface area contributed by atoms with Crippen molar-refractivity contribution < 1.29 is 14.7 Å². The SMILES string of the molecule is CCC(=O)N[C@@H](Cc1nc2ccc(C(C)C)cc2s1)C(=O)N[C@H](CO)C1CCCCC1. The van der Waals surface area contributed by atoms with E-state index in [1.54, 1.807) is 18.3 Å². The third-order valence-corrected chi connectivity index (χ3v) is 7.26. The molecule has 1 heterocycles. The Hall–Kier alpha value is -1.99. The molecule has 1 aliphatic rings. The highest BCUT2D eigenvalue weighted by Crippen LogP contribution is 2.28. The van der Waals surface area contributed by atoms with Gasteiger partial charge in [-0.25, -0.2) is 4.98 Å². The molecule has 3 rings (SSSR count). The van der Waals surface area contributed by atoms with E-state index in [2.05, 4.69) is 36.6 Å². The number of hydrogen-bond donors (Lipinski definition) is 3. The standard InChI is InChI=1S/C24H35N3O3S/c1-4-22(29)25-19(24(30)27-20(14-28)16-8-6-5-7-9-16)13-23-26-18-11-10-17(15(2)3)12-21(18)31-23/h10-12,15-16,19-20,28H,4-9,13-14H2,1-3H3,(H,25,29)(H,27,30)/t19-,20+/m0/s1. The number of carbonyl (C=O) groups excluding carboxylic acids is 2. The van der Waals surface area contributed by atoms with Gasteiger partial charge in [-0.3, -0.25) is 9.59 Å². The van der Waals surface area contributed by atoms with Gasteiger partial charge in [-0.15, -0.1) is 11.3 Å². The number of aromatic nitrogens is 1. The molecule has 0 spiro atoms. The van der Waals surface area contributed by atoms with E-state index in [9.17, 15) is 14.7 Å². The molecule has 0 radical (unpaired) electrons. The summed E-state index contributed by atoms with van der Waals surface area (Å²) in [5.74, 6) is 0.324. The van der Waals surface area contributed by atoms with Crippen molar-refractivity contribution in [3.05, 3.63) is 28.8 Å². The summed E-state index contributed by atoms with van der Waals surface area (Å²) in [6, 6.07) is 5.31. The number of amides is 2. The first-order valence-corrected chi connectivity index (χ1v) is 12.3. The van der Waals surface area contributed by atoms with E-state index < -0.39 is 6.04 Å². The zero-order valence-electron chi connectivity index (χ0n) is 18.8. The van der Waals surface area contributed by atoms with Crippen molar-refractivity contribution in [1.82, 2.24) is 15.6 Å². The van der Waals surface area contributed by atoms with Gasteiger partial charge in [0, 0.05) is 12.8 Å². The third kappa shape index (κ3) is 6.26. The first-order valence-electron chi connectivity index (χ1n) is 11.5. The highest BCUT2D eigenvalue weighted by Gasteiger charge is 2.29. The minimum absolute atomic E-state index is 0.0794. The predicted octanol–water partition coefficient (Wildman–Crippen LogP) is 3.91. The van der Waals surface area contributed by atoms with Gasteiger partial charge in [0.1, 0.15) is 6.04 Å². The zero-order valence-corrected chi connectivity index (χ0v) is 19.6. The Morgan fingerprint density at radius 1 is 1.19 bits per heavy atom. The number of carbonyl (C=O) groups is 2. The zero-order chi connectivity index (χ0) is 22.4. The molecule has 170 valence electrons. The summed E-state index contributed by atoms with van der Waals surface area (Å²) < 4.78 is 1.10. The number of hydrogen-bond acceptors (Lipinski definition) is 5. The van der Waals surface area contributed by atoms with Crippen molar-refractivity contribution in [3.8, 4) is 0 Å². The number of aliphatic hydroxyl groups excluding tert-OH is 1. The molecule has 3 N–H and O–H groups in total. The lowest BCUT2D eigenvalue weighted by Crippen LogP contribution is -2.53. The van der Waals surface area contributed by atoms with Gasteiger partial charge in [0.25, 0.3) is 0 Å². The molecule has 2 amide bonds. The van der Waals surface area contributed by atoms with Gasteiger partial charge in [0.15, 0.2) is 0 Å². The van der Waals surface area contributed by atoms with Crippen molar-refractivity contribution in [3.63, 3.8) is 0 Å². The van der Waals surface area contributed by atoms with Crippen LogP contribution in [0.25, 0.3) is 10.2 Å². The maximum Gasteiger partial charge on any atom is 0.243 e. The molecule has 1 fully saturated rings. The molecule has 1 aromatic heterocycles. The molecular weight excluding hydrogens is 410 g/mol. The van der Waals surface area contributed by atoms with Gasteiger partial charge in [-0.05, 0) is 42.4 Å². The van der Waals surface area contributed by atoms with Crippen LogP contribution in [0.1, 0.15) is 75.8 Å². The molecule has 0 aliphatic heterocycles. The van der Waals surface area contributed by atoms with E-state index in [4.69, 9.17) is 4.98 Å². The largest absolute Gasteiger partial charge is 0.394 e. The second-order valence-corrected chi connectivity index (χ2v) is 9.98. The van der Waals surface area contributed by atoms with E-state index in [0.29, 0.717) is 24.7 Å². The number of thiazole rings is 1. The first-order chi connectivity index (χ1) is 14.9. The summed E-state index contributed by atoms with van der Waals surface area (Å²) in [7, 11) is 0. The van der Waals surface area contributed by atoms with Gasteiger partial charge in [0.05, 0.1) is 27.9 Å². The topological polar surface area (TPSA) is 91.3 Å². The Labute approximate surface area is 188 Å². The third-order valence-electron chi connectivity index (χ3n) is 6.22. The monoisotopic (exact) mass is 445 g/mol. The average Bonchev–Trinajstić information content (AvgIpc) is 3.18. The van der Waals surface area contributed by atoms with Gasteiger partial charge < -0.3 is 15.7 Å². The van der Waals surface area contributed by atoms with Crippen molar-refractivity contribution in [1.29, 1.82) is 0 Å². The van der Waals surface area contributed by atoms with Crippen molar-refractivity contribution in [2.45, 2.75) is 83.7 Å². The average molecular weight is 446 g/mol. The summed E-state index contributed by atoms with van der Waals surface area (Å²) in [6.07, 6.45) is 6.19. The van der Waals surface area contributed by atoms with Crippen molar-refractivity contribution >= 4 is 33.4 Å². The van der Waals surface area contributed by atoms with Crippen LogP contribution in [0.3, 0.4) is 0 Å². The molecule has 1 aliphatic carbocycles. The lowest BCUT2D eigenvalue weighted by atomic mass is 9.84. The smallest absolute Gasteiger partial charge is 0.243 e. The predicted molar refractivity (Wildman–Crippen MR) is 125 cm³/mol. The van der Waals surface area contributed by atoms with Crippen LogP contribution in [-0.2, 0) is 16.0 Å². The number of rotatable bonds is 9. The second-order valence-electron chi connectivity index (χ2n) is 8.86. The van der Waals surface area contributed by atoms with Gasteiger partial charge in [0.2, 0.25) is 11.8 Å². The summed E-state index contributed by atoms with van der Waals surface area (Å²) in [4.78, 5) is 29.9. The lowest BCUT2D eigenvalue weighted by Gasteiger charge is -2.31. The van der Waals surface area contributed by atoms with Crippen LogP contribution in [0, 0.1) is 5.92 Å².